The number of carbonyl (C=O) groups is 3. The van der Waals surface area contributed by atoms with Gasteiger partial charge in [0.25, 0.3) is 0 Å². The fraction of sp³-hybridized carbons (Fsp3) is 0.304. The highest BCUT2D eigenvalue weighted by atomic mass is 16.5. The number of carbonyl (C=O) groups excluding carboxylic acids is 3. The number of hydrogen-bond acceptors (Lipinski definition) is 5. The highest BCUT2D eigenvalue weighted by Crippen LogP contribution is 2.27. The van der Waals surface area contributed by atoms with Crippen LogP contribution in [0.4, 0.5) is 11.4 Å². The van der Waals surface area contributed by atoms with E-state index in [1.54, 1.807) is 31.2 Å². The van der Waals surface area contributed by atoms with Gasteiger partial charge in [0.05, 0.1) is 13.5 Å². The Morgan fingerprint density at radius 1 is 0.968 bits per heavy atom. The van der Waals surface area contributed by atoms with Gasteiger partial charge in [0.15, 0.2) is 0 Å². The number of fused-ring (bicyclic) bond motifs is 1. The van der Waals surface area contributed by atoms with E-state index >= 15 is 0 Å². The molecule has 0 radical (unpaired) electrons. The Balaban J connectivity index is 1.50. The third-order valence-corrected chi connectivity index (χ3v) is 4.99. The molecule has 2 aromatic rings. The van der Waals surface area contributed by atoms with E-state index in [9.17, 15) is 14.4 Å². The second-order valence-corrected chi connectivity index (χ2v) is 7.35. The first-order valence-electron chi connectivity index (χ1n) is 10.2. The lowest BCUT2D eigenvalue weighted by Crippen LogP contribution is -2.33. The van der Waals surface area contributed by atoms with Crippen molar-refractivity contribution >= 4 is 34.8 Å². The molecule has 0 spiro atoms. The molecule has 3 amide bonds. The first-order valence-corrected chi connectivity index (χ1v) is 10.2. The molecule has 0 aliphatic heterocycles. The topological polar surface area (TPSA) is 109 Å². The summed E-state index contributed by atoms with van der Waals surface area (Å²) in [4.78, 5) is 36.3. The summed E-state index contributed by atoms with van der Waals surface area (Å²) in [7, 11) is 1.54. The maximum atomic E-state index is 12.4. The zero-order chi connectivity index (χ0) is 22.2. The van der Waals surface area contributed by atoms with Crippen LogP contribution in [-0.4, -0.2) is 30.5 Å². The number of nitrogens with one attached hydrogen (secondary N) is 3. The summed E-state index contributed by atoms with van der Waals surface area (Å²) in [6, 6.07) is 12.5. The maximum Gasteiger partial charge on any atom is 0.329 e. The van der Waals surface area contributed by atoms with Gasteiger partial charge >= 0.3 is 11.8 Å². The molecule has 8 nitrogen and oxygen atoms in total. The third kappa shape index (κ3) is 6.15. The molecule has 31 heavy (non-hydrogen) atoms. The van der Waals surface area contributed by atoms with Gasteiger partial charge in [-0.2, -0.15) is 5.10 Å². The van der Waals surface area contributed by atoms with Crippen molar-refractivity contribution in [3.63, 3.8) is 0 Å². The highest BCUT2D eigenvalue weighted by Gasteiger charge is 2.16. The normalized spacial score (nSPS) is 13.0. The Hall–Kier alpha value is -3.68. The molecule has 0 saturated carbocycles. The molecular weight excluding hydrogens is 396 g/mol. The molecule has 0 unspecified atom stereocenters. The fourth-order valence-electron chi connectivity index (χ4n) is 3.42. The van der Waals surface area contributed by atoms with Crippen LogP contribution in [0.3, 0.4) is 0 Å². The molecule has 2 aromatic carbocycles. The van der Waals surface area contributed by atoms with Crippen molar-refractivity contribution in [1.82, 2.24) is 5.43 Å². The van der Waals surface area contributed by atoms with Gasteiger partial charge in [0.2, 0.25) is 5.91 Å². The minimum absolute atomic E-state index is 0.00401. The van der Waals surface area contributed by atoms with Crippen molar-refractivity contribution in [3.8, 4) is 5.75 Å². The second kappa shape index (κ2) is 10.4. The first kappa shape index (κ1) is 22.0. The Bertz CT molecular complexity index is 999. The number of hydrazone groups is 1. The summed E-state index contributed by atoms with van der Waals surface area (Å²) in [6.07, 6.45) is 4.28. The molecule has 0 atom stereocenters. The Kier molecular flexibility index (Phi) is 7.37. The average molecular weight is 422 g/mol. The SMILES string of the molecule is COc1ccc(NC(=O)C(=O)NN=C(C)CC(=O)Nc2cccc3c2CCCC3)cc1. The molecule has 0 fully saturated rings. The summed E-state index contributed by atoms with van der Waals surface area (Å²) in [5, 5.41) is 9.25. The van der Waals surface area contributed by atoms with E-state index in [-0.39, 0.29) is 12.3 Å². The number of hydrogen-bond donors (Lipinski definition) is 3. The van der Waals surface area contributed by atoms with E-state index in [0.717, 1.165) is 24.9 Å². The lowest BCUT2D eigenvalue weighted by molar-refractivity contribution is -0.136. The molecule has 3 rings (SSSR count). The van der Waals surface area contributed by atoms with Crippen molar-refractivity contribution < 1.29 is 19.1 Å². The zero-order valence-electron chi connectivity index (χ0n) is 17.7. The minimum Gasteiger partial charge on any atom is -0.497 e. The number of amides is 3. The molecule has 162 valence electrons. The van der Waals surface area contributed by atoms with Crippen LogP contribution < -0.4 is 20.8 Å². The minimum atomic E-state index is -0.923. The molecule has 0 bridgehead atoms. The van der Waals surface area contributed by atoms with Crippen LogP contribution in [0.25, 0.3) is 0 Å². The molecular formula is C23H26N4O4. The van der Waals surface area contributed by atoms with Crippen molar-refractivity contribution in [3.05, 3.63) is 53.6 Å². The van der Waals surface area contributed by atoms with E-state index in [0.29, 0.717) is 17.1 Å². The highest BCUT2D eigenvalue weighted by molar-refractivity contribution is 6.39. The van der Waals surface area contributed by atoms with Gasteiger partial charge in [-0.15, -0.1) is 0 Å². The van der Waals surface area contributed by atoms with Gasteiger partial charge in [0.1, 0.15) is 5.75 Å². The smallest absolute Gasteiger partial charge is 0.329 e. The predicted molar refractivity (Wildman–Crippen MR) is 119 cm³/mol. The quantitative estimate of drug-likeness (QED) is 0.378. The van der Waals surface area contributed by atoms with Crippen molar-refractivity contribution in [2.75, 3.05) is 17.7 Å². The number of aryl methyl sites for hydroxylation is 1. The Labute approximate surface area is 181 Å². The van der Waals surface area contributed by atoms with Crippen LogP contribution >= 0.6 is 0 Å². The van der Waals surface area contributed by atoms with E-state index in [1.165, 1.54) is 24.7 Å². The molecule has 8 heteroatoms. The lowest BCUT2D eigenvalue weighted by atomic mass is 9.90. The van der Waals surface area contributed by atoms with E-state index in [4.69, 9.17) is 4.74 Å². The lowest BCUT2D eigenvalue weighted by Gasteiger charge is -2.19. The zero-order valence-corrected chi connectivity index (χ0v) is 17.7. The van der Waals surface area contributed by atoms with E-state index < -0.39 is 11.8 Å². The molecule has 0 heterocycles. The molecule has 3 N–H and O–H groups in total. The number of benzene rings is 2. The third-order valence-electron chi connectivity index (χ3n) is 4.99. The largest absolute Gasteiger partial charge is 0.497 e. The van der Waals surface area contributed by atoms with Gasteiger partial charge in [-0.1, -0.05) is 12.1 Å². The average Bonchev–Trinajstić information content (AvgIpc) is 2.78. The molecule has 0 aromatic heterocycles. The van der Waals surface area contributed by atoms with Gasteiger partial charge in [-0.3, -0.25) is 14.4 Å². The summed E-state index contributed by atoms with van der Waals surface area (Å²) in [5.74, 6) is -1.37. The van der Waals surface area contributed by atoms with Gasteiger partial charge in [-0.05, 0) is 74.1 Å². The molecule has 1 aliphatic rings. The number of anilines is 2. The summed E-state index contributed by atoms with van der Waals surface area (Å²) < 4.78 is 5.04. The van der Waals surface area contributed by atoms with Gasteiger partial charge in [-0.25, -0.2) is 5.43 Å². The van der Waals surface area contributed by atoms with Crippen molar-refractivity contribution in [1.29, 1.82) is 0 Å². The molecule has 1 aliphatic carbocycles. The van der Waals surface area contributed by atoms with Gasteiger partial charge in [0, 0.05) is 17.1 Å². The number of ether oxygens (including phenoxy) is 1. The van der Waals surface area contributed by atoms with Crippen LogP contribution in [0.1, 0.15) is 37.3 Å². The van der Waals surface area contributed by atoms with Crippen LogP contribution in [0.2, 0.25) is 0 Å². The van der Waals surface area contributed by atoms with Crippen molar-refractivity contribution in [2.45, 2.75) is 39.0 Å². The van der Waals surface area contributed by atoms with Crippen molar-refractivity contribution in [2.24, 2.45) is 5.10 Å². The standard InChI is InChI=1S/C23H26N4O4/c1-15(14-21(28)25-20-9-5-7-16-6-3-4-8-19(16)20)26-27-23(30)22(29)24-17-10-12-18(31-2)13-11-17/h5,7,9-13H,3-4,6,8,14H2,1-2H3,(H,24,29)(H,25,28)(H,27,30). The number of nitrogens with zero attached hydrogens (tertiary/aromatic N) is 1. The van der Waals surface area contributed by atoms with Crippen LogP contribution in [0, 0.1) is 0 Å². The summed E-state index contributed by atoms with van der Waals surface area (Å²) in [6.45, 7) is 1.61. The molecule has 0 saturated heterocycles. The predicted octanol–water partition coefficient (Wildman–Crippen LogP) is 3.03. The Morgan fingerprint density at radius 2 is 1.71 bits per heavy atom. The van der Waals surface area contributed by atoms with Crippen LogP contribution in [0.5, 0.6) is 5.75 Å². The van der Waals surface area contributed by atoms with E-state index in [2.05, 4.69) is 27.2 Å². The fourth-order valence-corrected chi connectivity index (χ4v) is 3.42. The summed E-state index contributed by atoms with van der Waals surface area (Å²) in [5.41, 5.74) is 6.32. The van der Waals surface area contributed by atoms with Crippen LogP contribution in [-0.2, 0) is 27.2 Å². The maximum absolute atomic E-state index is 12.4. The number of rotatable bonds is 6. The number of methoxy groups -OCH3 is 1. The monoisotopic (exact) mass is 422 g/mol. The van der Waals surface area contributed by atoms with Crippen LogP contribution in [0.15, 0.2) is 47.6 Å². The van der Waals surface area contributed by atoms with E-state index in [1.807, 2.05) is 12.1 Å². The summed E-state index contributed by atoms with van der Waals surface area (Å²) >= 11 is 0. The Morgan fingerprint density at radius 3 is 2.45 bits per heavy atom. The second-order valence-electron chi connectivity index (χ2n) is 7.35. The first-order chi connectivity index (χ1) is 15.0. The van der Waals surface area contributed by atoms with Gasteiger partial charge < -0.3 is 15.4 Å².